The molecule has 0 bridgehead atoms. The third kappa shape index (κ3) is 3.19. The second-order valence-electron chi connectivity index (χ2n) is 5.86. The number of hydrogen-bond acceptors (Lipinski definition) is 3. The first-order chi connectivity index (χ1) is 9.83. The van der Waals surface area contributed by atoms with Crippen LogP contribution < -0.4 is 16.2 Å². The molecule has 0 radical (unpaired) electrons. The van der Waals surface area contributed by atoms with E-state index in [-0.39, 0.29) is 5.91 Å². The molecule has 1 aromatic carbocycles. The number of fused-ring (bicyclic) bond motifs is 1. The van der Waals surface area contributed by atoms with Crippen molar-refractivity contribution in [1.29, 1.82) is 0 Å². The van der Waals surface area contributed by atoms with E-state index in [2.05, 4.69) is 28.3 Å². The summed E-state index contributed by atoms with van der Waals surface area (Å²) >= 11 is 0. The zero-order valence-electron chi connectivity index (χ0n) is 11.9. The van der Waals surface area contributed by atoms with Gasteiger partial charge in [0.2, 0.25) is 0 Å². The van der Waals surface area contributed by atoms with Crippen LogP contribution >= 0.6 is 0 Å². The summed E-state index contributed by atoms with van der Waals surface area (Å²) < 4.78 is 0. The molecule has 1 fully saturated rings. The maximum atomic E-state index is 12.2. The van der Waals surface area contributed by atoms with Gasteiger partial charge in [0.05, 0.1) is 0 Å². The molecule has 0 aromatic heterocycles. The molecular weight excluding hydrogens is 250 g/mol. The van der Waals surface area contributed by atoms with E-state index in [1.165, 1.54) is 30.4 Å². The van der Waals surface area contributed by atoms with Crippen molar-refractivity contribution in [3.8, 4) is 0 Å². The second kappa shape index (κ2) is 6.37. The molecule has 4 heteroatoms. The molecule has 3 rings (SSSR count). The quantitative estimate of drug-likeness (QED) is 0.777. The molecule has 1 aromatic rings. The van der Waals surface area contributed by atoms with Crippen LogP contribution in [0.5, 0.6) is 0 Å². The maximum absolute atomic E-state index is 12.2. The minimum absolute atomic E-state index is 0.0669. The lowest BCUT2D eigenvalue weighted by molar-refractivity contribution is 0.0951. The highest BCUT2D eigenvalue weighted by atomic mass is 16.1. The zero-order chi connectivity index (χ0) is 13.8. The largest absolute Gasteiger partial charge is 0.352 e. The standard InChI is InChI=1S/C16H23N3O/c20-16(17-8-7-12-10-18-19-11-12)15-6-5-13-3-1-2-4-14(13)9-15/h5-6,9,12,18-19H,1-4,7-8,10-11H2,(H,17,20). The molecule has 3 N–H and O–H groups in total. The maximum Gasteiger partial charge on any atom is 0.251 e. The fourth-order valence-corrected chi connectivity index (χ4v) is 3.08. The topological polar surface area (TPSA) is 53.2 Å². The average Bonchev–Trinajstić information content (AvgIpc) is 3.00. The van der Waals surface area contributed by atoms with Crippen LogP contribution in [-0.4, -0.2) is 25.5 Å². The van der Waals surface area contributed by atoms with Crippen LogP contribution in [0.1, 0.15) is 40.7 Å². The molecule has 0 saturated carbocycles. The van der Waals surface area contributed by atoms with Crippen molar-refractivity contribution in [1.82, 2.24) is 16.2 Å². The predicted octanol–water partition coefficient (Wildman–Crippen LogP) is 1.41. The van der Waals surface area contributed by atoms with Gasteiger partial charge < -0.3 is 5.32 Å². The first kappa shape index (κ1) is 13.6. The highest BCUT2D eigenvalue weighted by Crippen LogP contribution is 2.22. The summed E-state index contributed by atoms with van der Waals surface area (Å²) in [5.41, 5.74) is 9.84. The number of benzene rings is 1. The number of rotatable bonds is 4. The molecule has 1 heterocycles. The number of carbonyl (C=O) groups excluding carboxylic acids is 1. The number of nitrogens with one attached hydrogen (secondary N) is 3. The van der Waals surface area contributed by atoms with Crippen molar-refractivity contribution >= 4 is 5.91 Å². The Morgan fingerprint density at radius 2 is 1.90 bits per heavy atom. The Balaban J connectivity index is 1.53. The number of hydrogen-bond donors (Lipinski definition) is 3. The lowest BCUT2D eigenvalue weighted by Crippen LogP contribution is -2.27. The molecule has 1 aliphatic carbocycles. The van der Waals surface area contributed by atoms with E-state index in [4.69, 9.17) is 0 Å². The van der Waals surface area contributed by atoms with Crippen LogP contribution in [0.3, 0.4) is 0 Å². The van der Waals surface area contributed by atoms with Gasteiger partial charge in [-0.05, 0) is 61.3 Å². The van der Waals surface area contributed by atoms with Gasteiger partial charge in [-0.3, -0.25) is 15.6 Å². The van der Waals surface area contributed by atoms with Gasteiger partial charge in [0, 0.05) is 25.2 Å². The Labute approximate surface area is 120 Å². The van der Waals surface area contributed by atoms with Crippen LogP contribution in [0.15, 0.2) is 18.2 Å². The van der Waals surface area contributed by atoms with E-state index in [0.29, 0.717) is 5.92 Å². The van der Waals surface area contributed by atoms with Gasteiger partial charge in [-0.2, -0.15) is 0 Å². The third-order valence-corrected chi connectivity index (χ3v) is 4.36. The Kier molecular flexibility index (Phi) is 4.33. The molecule has 1 aliphatic heterocycles. The van der Waals surface area contributed by atoms with Gasteiger partial charge in [0.15, 0.2) is 0 Å². The van der Waals surface area contributed by atoms with Crippen LogP contribution in [0.4, 0.5) is 0 Å². The van der Waals surface area contributed by atoms with E-state index in [0.717, 1.165) is 38.0 Å². The van der Waals surface area contributed by atoms with Gasteiger partial charge in [-0.15, -0.1) is 0 Å². The van der Waals surface area contributed by atoms with Gasteiger partial charge in [-0.1, -0.05) is 6.07 Å². The smallest absolute Gasteiger partial charge is 0.251 e. The average molecular weight is 273 g/mol. The Morgan fingerprint density at radius 3 is 2.70 bits per heavy atom. The molecule has 0 unspecified atom stereocenters. The first-order valence-corrected chi connectivity index (χ1v) is 7.68. The van der Waals surface area contributed by atoms with E-state index in [9.17, 15) is 4.79 Å². The van der Waals surface area contributed by atoms with Gasteiger partial charge >= 0.3 is 0 Å². The van der Waals surface area contributed by atoms with Crippen LogP contribution in [0, 0.1) is 5.92 Å². The number of amides is 1. The lowest BCUT2D eigenvalue weighted by Gasteiger charge is -2.16. The fraction of sp³-hybridized carbons (Fsp3) is 0.562. The summed E-state index contributed by atoms with van der Waals surface area (Å²) in [6.45, 7) is 2.74. The van der Waals surface area contributed by atoms with Crippen molar-refractivity contribution in [2.24, 2.45) is 5.92 Å². The van der Waals surface area contributed by atoms with Crippen LogP contribution in [0.2, 0.25) is 0 Å². The first-order valence-electron chi connectivity index (χ1n) is 7.68. The molecule has 1 saturated heterocycles. The van der Waals surface area contributed by atoms with Crippen molar-refractivity contribution in [3.63, 3.8) is 0 Å². The van der Waals surface area contributed by atoms with E-state index < -0.39 is 0 Å². The van der Waals surface area contributed by atoms with Crippen molar-refractivity contribution in [2.75, 3.05) is 19.6 Å². The van der Waals surface area contributed by atoms with Gasteiger partial charge in [0.25, 0.3) is 5.91 Å². The van der Waals surface area contributed by atoms with Crippen molar-refractivity contribution in [2.45, 2.75) is 32.1 Å². The molecular formula is C16H23N3O. The van der Waals surface area contributed by atoms with Gasteiger partial charge in [0.1, 0.15) is 0 Å². The summed E-state index contributed by atoms with van der Waals surface area (Å²) in [5, 5.41) is 3.04. The highest BCUT2D eigenvalue weighted by Gasteiger charge is 2.15. The van der Waals surface area contributed by atoms with Crippen LogP contribution in [-0.2, 0) is 12.8 Å². The Morgan fingerprint density at radius 1 is 1.15 bits per heavy atom. The molecule has 0 spiro atoms. The SMILES string of the molecule is O=C(NCCC1CNNC1)c1ccc2c(c1)CCCC2. The summed E-state index contributed by atoms with van der Waals surface area (Å²) in [5.74, 6) is 0.691. The highest BCUT2D eigenvalue weighted by molar-refractivity contribution is 5.94. The summed E-state index contributed by atoms with van der Waals surface area (Å²) in [7, 11) is 0. The second-order valence-corrected chi connectivity index (χ2v) is 5.86. The molecule has 2 aliphatic rings. The number of aryl methyl sites for hydroxylation is 2. The number of hydrazine groups is 1. The predicted molar refractivity (Wildman–Crippen MR) is 79.5 cm³/mol. The monoisotopic (exact) mass is 273 g/mol. The summed E-state index contributed by atoms with van der Waals surface area (Å²) in [6, 6.07) is 6.19. The van der Waals surface area contributed by atoms with Crippen LogP contribution in [0.25, 0.3) is 0 Å². The third-order valence-electron chi connectivity index (χ3n) is 4.36. The molecule has 20 heavy (non-hydrogen) atoms. The minimum atomic E-state index is 0.0669. The fourth-order valence-electron chi connectivity index (χ4n) is 3.08. The lowest BCUT2D eigenvalue weighted by atomic mass is 9.90. The summed E-state index contributed by atoms with van der Waals surface area (Å²) in [6.07, 6.45) is 5.84. The van der Waals surface area contributed by atoms with E-state index in [1.807, 2.05) is 6.07 Å². The molecule has 4 nitrogen and oxygen atoms in total. The summed E-state index contributed by atoms with van der Waals surface area (Å²) in [4.78, 5) is 12.2. The Hall–Kier alpha value is -1.39. The Bertz CT molecular complexity index is 481. The molecule has 108 valence electrons. The number of carbonyl (C=O) groups is 1. The normalized spacial score (nSPS) is 18.8. The van der Waals surface area contributed by atoms with Crippen molar-refractivity contribution < 1.29 is 4.79 Å². The van der Waals surface area contributed by atoms with E-state index >= 15 is 0 Å². The van der Waals surface area contributed by atoms with E-state index in [1.54, 1.807) is 0 Å². The zero-order valence-corrected chi connectivity index (χ0v) is 11.9. The molecule has 1 amide bonds. The molecule has 0 atom stereocenters. The van der Waals surface area contributed by atoms with Crippen molar-refractivity contribution in [3.05, 3.63) is 34.9 Å². The van der Waals surface area contributed by atoms with Gasteiger partial charge in [-0.25, -0.2) is 0 Å². The minimum Gasteiger partial charge on any atom is -0.352 e.